The van der Waals surface area contributed by atoms with Crippen molar-refractivity contribution in [2.75, 3.05) is 6.61 Å². The van der Waals surface area contributed by atoms with Gasteiger partial charge in [0.1, 0.15) is 5.78 Å². The van der Waals surface area contributed by atoms with Crippen LogP contribution in [0.3, 0.4) is 0 Å². The van der Waals surface area contributed by atoms with Crippen molar-refractivity contribution in [3.8, 4) is 0 Å². The first-order valence-corrected chi connectivity index (χ1v) is 13.7. The highest BCUT2D eigenvalue weighted by molar-refractivity contribution is 6.81. The van der Waals surface area contributed by atoms with Crippen LogP contribution in [-0.4, -0.2) is 37.5 Å². The highest BCUT2D eigenvalue weighted by atomic mass is 28.3. The van der Waals surface area contributed by atoms with E-state index >= 15 is 0 Å². The molecule has 0 bridgehead atoms. The molecule has 0 aromatic heterocycles. The Labute approximate surface area is 164 Å². The lowest BCUT2D eigenvalue weighted by molar-refractivity contribution is -0.144. The summed E-state index contributed by atoms with van der Waals surface area (Å²) in [7, 11) is -1.51. The zero-order valence-electron chi connectivity index (χ0n) is 17.5. The van der Waals surface area contributed by atoms with Crippen molar-refractivity contribution in [1.29, 1.82) is 0 Å². The first kappa shape index (κ1) is 23.6. The predicted octanol–water partition coefficient (Wildman–Crippen LogP) is 4.62. The Bertz CT molecular complexity index is 561. The van der Waals surface area contributed by atoms with Gasteiger partial charge in [-0.1, -0.05) is 37.8 Å². The summed E-state index contributed by atoms with van der Waals surface area (Å²) in [5.41, 5.74) is 3.64. The third-order valence-corrected chi connectivity index (χ3v) is 6.42. The summed E-state index contributed by atoms with van der Waals surface area (Å²) < 4.78 is 4.88. The van der Waals surface area contributed by atoms with E-state index in [1.807, 2.05) is 0 Å². The highest BCUT2D eigenvalue weighted by Gasteiger charge is 2.34. The van der Waals surface area contributed by atoms with Gasteiger partial charge in [0.05, 0.1) is 27.5 Å². The van der Waals surface area contributed by atoms with Crippen molar-refractivity contribution in [1.82, 2.24) is 0 Å². The normalized spacial score (nSPS) is 24.6. The number of carboxylic acids is 1. The number of ether oxygens (including phenoxy) is 1. The molecule has 0 aromatic carbocycles. The highest BCUT2D eigenvalue weighted by Crippen LogP contribution is 2.43. The molecule has 1 rings (SSSR count). The first-order chi connectivity index (χ1) is 12.5. The molecule has 0 radical (unpaired) electrons. The molecule has 5 nitrogen and oxygen atoms in total. The molecule has 1 fully saturated rings. The minimum atomic E-state index is -1.51. The fourth-order valence-corrected chi connectivity index (χ4v) is 5.44. The number of allylic oxidation sites excluding steroid dienone is 1. The quantitative estimate of drug-likeness (QED) is 0.430. The van der Waals surface area contributed by atoms with Gasteiger partial charge >= 0.3 is 11.9 Å². The van der Waals surface area contributed by atoms with Gasteiger partial charge in [0.25, 0.3) is 0 Å². The molecule has 1 saturated carbocycles. The summed E-state index contributed by atoms with van der Waals surface area (Å²) in [6.07, 6.45) is 3.65. The number of carbonyl (C=O) groups excluding carboxylic acids is 2. The van der Waals surface area contributed by atoms with Crippen LogP contribution in [0.15, 0.2) is 11.3 Å². The number of ketones is 1. The molecule has 0 spiro atoms. The van der Waals surface area contributed by atoms with Crippen molar-refractivity contribution in [3.05, 3.63) is 11.3 Å². The van der Waals surface area contributed by atoms with Crippen LogP contribution < -0.4 is 0 Å². The average Bonchev–Trinajstić information content (AvgIpc) is 2.53. The first-order valence-electron chi connectivity index (χ1n) is 10.1. The minimum Gasteiger partial charge on any atom is -0.481 e. The fraction of sp³-hybridized carbons (Fsp3) is 0.762. The maximum Gasteiger partial charge on any atom is 0.306 e. The molecule has 0 saturated heterocycles. The van der Waals surface area contributed by atoms with Gasteiger partial charge in [-0.05, 0) is 43.9 Å². The number of rotatable bonds is 10. The smallest absolute Gasteiger partial charge is 0.306 e. The van der Waals surface area contributed by atoms with E-state index in [0.29, 0.717) is 18.9 Å². The van der Waals surface area contributed by atoms with E-state index in [1.165, 1.54) is 5.57 Å². The largest absolute Gasteiger partial charge is 0.481 e. The average molecular weight is 397 g/mol. The number of aliphatic carboxylic acids is 1. The molecule has 6 heteroatoms. The molecule has 27 heavy (non-hydrogen) atoms. The van der Waals surface area contributed by atoms with E-state index in [0.717, 1.165) is 19.3 Å². The van der Waals surface area contributed by atoms with Gasteiger partial charge < -0.3 is 9.84 Å². The van der Waals surface area contributed by atoms with Crippen LogP contribution in [0.2, 0.25) is 19.6 Å². The number of hydrogen-bond acceptors (Lipinski definition) is 4. The van der Waals surface area contributed by atoms with E-state index < -0.39 is 14.0 Å². The zero-order chi connectivity index (χ0) is 20.6. The van der Waals surface area contributed by atoms with Crippen LogP contribution >= 0.6 is 0 Å². The summed E-state index contributed by atoms with van der Waals surface area (Å²) in [6, 6.07) is 0. The Kier molecular flexibility index (Phi) is 9.43. The van der Waals surface area contributed by atoms with E-state index in [4.69, 9.17) is 4.74 Å². The number of carboxylic acid groups (broad SMARTS) is 1. The molecule has 0 aromatic rings. The van der Waals surface area contributed by atoms with E-state index in [2.05, 4.69) is 32.3 Å². The summed E-state index contributed by atoms with van der Waals surface area (Å²) in [6.45, 7) is 11.1. The third-order valence-electron chi connectivity index (χ3n) is 5.23. The number of carbonyl (C=O) groups is 3. The third kappa shape index (κ3) is 8.87. The molecule has 0 aliphatic heterocycles. The van der Waals surface area contributed by atoms with Gasteiger partial charge in [0, 0.05) is 12.8 Å². The molecule has 0 heterocycles. The van der Waals surface area contributed by atoms with E-state index in [9.17, 15) is 19.5 Å². The molecule has 3 atom stereocenters. The van der Waals surface area contributed by atoms with Crippen LogP contribution in [0.1, 0.15) is 58.8 Å². The second-order valence-electron chi connectivity index (χ2n) is 8.85. The van der Waals surface area contributed by atoms with Crippen LogP contribution in [0, 0.1) is 17.8 Å². The lowest BCUT2D eigenvalue weighted by Gasteiger charge is -2.38. The van der Waals surface area contributed by atoms with Crippen molar-refractivity contribution in [3.63, 3.8) is 0 Å². The van der Waals surface area contributed by atoms with Crippen molar-refractivity contribution >= 4 is 25.8 Å². The predicted molar refractivity (Wildman–Crippen MR) is 109 cm³/mol. The number of hydrogen-bond donors (Lipinski definition) is 1. The van der Waals surface area contributed by atoms with Gasteiger partial charge in [-0.25, -0.2) is 0 Å². The van der Waals surface area contributed by atoms with Crippen LogP contribution in [-0.2, 0) is 19.1 Å². The summed E-state index contributed by atoms with van der Waals surface area (Å²) in [4.78, 5) is 35.0. The summed E-state index contributed by atoms with van der Waals surface area (Å²) in [5, 5.41) is 9.30. The molecule has 154 valence electrons. The minimum absolute atomic E-state index is 0.0861. The SMILES string of the molecule is CCOC(=O)CCC(=O)CC[C@@H]1/C(=C\[Si](C)(C)C)[C@H](CC(=O)O)CC[C@H]1C. The lowest BCUT2D eigenvalue weighted by Crippen LogP contribution is -2.31. The Morgan fingerprint density at radius 2 is 1.81 bits per heavy atom. The standard InChI is InChI=1S/C21H36O5Si/c1-6-26-21(25)12-10-17(22)9-11-18-15(2)7-8-16(13-20(23)24)19(18)14-27(3,4)5/h14-16,18H,6-13H2,1-5H3,(H,23,24)/b19-14-/t15-,16+,18+/m1/s1. The molecule has 1 N–H and O–H groups in total. The van der Waals surface area contributed by atoms with Crippen LogP contribution in [0.25, 0.3) is 0 Å². The van der Waals surface area contributed by atoms with Gasteiger partial charge in [-0.2, -0.15) is 0 Å². The zero-order valence-corrected chi connectivity index (χ0v) is 18.5. The van der Waals surface area contributed by atoms with Crippen molar-refractivity contribution in [2.45, 2.75) is 78.4 Å². The Balaban J connectivity index is 2.80. The maximum absolute atomic E-state index is 12.2. The Hall–Kier alpha value is -1.43. The van der Waals surface area contributed by atoms with Gasteiger partial charge in [0.2, 0.25) is 0 Å². The van der Waals surface area contributed by atoms with E-state index in [1.54, 1.807) is 6.92 Å². The van der Waals surface area contributed by atoms with Crippen LogP contribution in [0.4, 0.5) is 0 Å². The van der Waals surface area contributed by atoms with Gasteiger partial charge in [0.15, 0.2) is 0 Å². The number of esters is 1. The lowest BCUT2D eigenvalue weighted by atomic mass is 9.69. The molecular formula is C21H36O5Si. The fourth-order valence-electron chi connectivity index (χ4n) is 3.99. The van der Waals surface area contributed by atoms with Crippen LogP contribution in [0.5, 0.6) is 0 Å². The van der Waals surface area contributed by atoms with Crippen molar-refractivity contribution in [2.24, 2.45) is 17.8 Å². The Morgan fingerprint density at radius 1 is 1.15 bits per heavy atom. The maximum atomic E-state index is 12.2. The second kappa shape index (κ2) is 10.8. The molecule has 1 aliphatic carbocycles. The van der Waals surface area contributed by atoms with Gasteiger partial charge in [-0.15, -0.1) is 0 Å². The topological polar surface area (TPSA) is 80.7 Å². The monoisotopic (exact) mass is 396 g/mol. The molecule has 1 aliphatic rings. The van der Waals surface area contributed by atoms with Crippen molar-refractivity contribution < 1.29 is 24.2 Å². The molecule has 0 unspecified atom stereocenters. The number of Topliss-reactive ketones (excluding diaryl/α,β-unsaturated/α-hetero) is 1. The van der Waals surface area contributed by atoms with Gasteiger partial charge in [-0.3, -0.25) is 14.4 Å². The second-order valence-corrected chi connectivity index (χ2v) is 13.9. The molecular weight excluding hydrogens is 360 g/mol. The summed E-state index contributed by atoms with van der Waals surface area (Å²) in [5.74, 6) is -0.178. The summed E-state index contributed by atoms with van der Waals surface area (Å²) >= 11 is 0. The van der Waals surface area contributed by atoms with E-state index in [-0.39, 0.29) is 42.9 Å². The molecule has 0 amide bonds. The Morgan fingerprint density at radius 3 is 2.37 bits per heavy atom.